The van der Waals surface area contributed by atoms with Crippen molar-refractivity contribution < 1.29 is 48.3 Å². The maximum absolute atomic E-state index is 13.3. The van der Waals surface area contributed by atoms with E-state index < -0.39 is 17.2 Å². The van der Waals surface area contributed by atoms with Crippen molar-refractivity contribution in [1.29, 1.82) is 0 Å². The van der Waals surface area contributed by atoms with E-state index in [2.05, 4.69) is 11.9 Å². The van der Waals surface area contributed by atoms with Gasteiger partial charge in [-0.15, -0.1) is 11.8 Å². The molecule has 45 heavy (non-hydrogen) atoms. The number of methoxy groups -OCH3 is 1. The molecule has 0 saturated carbocycles. The summed E-state index contributed by atoms with van der Waals surface area (Å²) in [5.74, 6) is 0.0677. The molecule has 12 nitrogen and oxygen atoms in total. The van der Waals surface area contributed by atoms with Gasteiger partial charge in [0.25, 0.3) is 0 Å². The lowest BCUT2D eigenvalue weighted by atomic mass is 10.1. The van der Waals surface area contributed by atoms with Crippen LogP contribution in [0.5, 0.6) is 28.7 Å². The second-order valence-corrected chi connectivity index (χ2v) is 11.2. The third kappa shape index (κ3) is 8.96. The van der Waals surface area contributed by atoms with Crippen LogP contribution in [0.15, 0.2) is 65.6 Å². The van der Waals surface area contributed by atoms with Gasteiger partial charge in [-0.25, -0.2) is 9.59 Å². The molecule has 1 amide bonds. The number of likely N-dealkylation sites (N-methyl/N-ethyl adjacent to an activating group) is 2. The number of aliphatic carboxylic acids is 2. The van der Waals surface area contributed by atoms with Crippen molar-refractivity contribution in [3.8, 4) is 28.7 Å². The number of amides is 1. The Morgan fingerprint density at radius 1 is 0.933 bits per heavy atom. The van der Waals surface area contributed by atoms with Gasteiger partial charge in [0.05, 0.1) is 19.4 Å². The highest BCUT2D eigenvalue weighted by Gasteiger charge is 2.34. The SMILES string of the molecule is COc1ccc(OCCCCN(C)CCOc2ccc3c(c2)OCO3)c(C2Sc3ccccc3N(C)C2=O)c1.O=C(O)C(=O)O. The largest absolute Gasteiger partial charge is 0.497 e. The van der Waals surface area contributed by atoms with Gasteiger partial charge in [-0.1, -0.05) is 12.1 Å². The van der Waals surface area contributed by atoms with Crippen molar-refractivity contribution in [2.75, 3.05) is 59.2 Å². The third-order valence-electron chi connectivity index (χ3n) is 6.99. The number of anilines is 1. The summed E-state index contributed by atoms with van der Waals surface area (Å²) in [5.41, 5.74) is 1.77. The van der Waals surface area contributed by atoms with Gasteiger partial charge < -0.3 is 43.7 Å². The molecule has 3 aromatic carbocycles. The molecule has 0 aliphatic carbocycles. The van der Waals surface area contributed by atoms with Crippen LogP contribution in [0.2, 0.25) is 0 Å². The molecule has 240 valence electrons. The number of carbonyl (C=O) groups is 3. The average Bonchev–Trinajstić information content (AvgIpc) is 3.51. The highest BCUT2D eigenvalue weighted by molar-refractivity contribution is 8.00. The molecule has 2 heterocycles. The second-order valence-electron chi connectivity index (χ2n) is 10.1. The summed E-state index contributed by atoms with van der Waals surface area (Å²) in [6.07, 6.45) is 1.88. The van der Waals surface area contributed by atoms with Crippen LogP contribution in [0, 0.1) is 0 Å². The highest BCUT2D eigenvalue weighted by Crippen LogP contribution is 2.48. The van der Waals surface area contributed by atoms with Crippen LogP contribution in [-0.4, -0.2) is 87.3 Å². The van der Waals surface area contributed by atoms with Crippen LogP contribution < -0.4 is 28.6 Å². The summed E-state index contributed by atoms with van der Waals surface area (Å²) in [6, 6.07) is 19.3. The number of thioether (sulfide) groups is 1. The van der Waals surface area contributed by atoms with Crippen LogP contribution in [-0.2, 0) is 14.4 Å². The predicted molar refractivity (Wildman–Crippen MR) is 167 cm³/mol. The zero-order chi connectivity index (χ0) is 32.3. The molecule has 0 aromatic heterocycles. The fourth-order valence-corrected chi connectivity index (χ4v) is 5.86. The highest BCUT2D eigenvalue weighted by atomic mass is 32.2. The molecule has 0 radical (unpaired) electrons. The average molecular weight is 641 g/mol. The number of nitrogens with zero attached hydrogens (tertiary/aromatic N) is 2. The lowest BCUT2D eigenvalue weighted by molar-refractivity contribution is -0.159. The number of hydrogen-bond acceptors (Lipinski definition) is 10. The molecule has 0 fully saturated rings. The first-order valence-electron chi connectivity index (χ1n) is 14.2. The van der Waals surface area contributed by atoms with E-state index in [9.17, 15) is 4.79 Å². The van der Waals surface area contributed by atoms with Crippen molar-refractivity contribution >= 4 is 35.3 Å². The molecule has 1 unspecified atom stereocenters. The molecule has 0 spiro atoms. The van der Waals surface area contributed by atoms with E-state index in [4.69, 9.17) is 43.5 Å². The molecule has 2 aliphatic rings. The number of fused-ring (bicyclic) bond motifs is 2. The van der Waals surface area contributed by atoms with E-state index in [0.717, 1.165) is 65.1 Å². The summed E-state index contributed by atoms with van der Waals surface area (Å²) in [4.78, 5) is 36.5. The maximum Gasteiger partial charge on any atom is 0.414 e. The van der Waals surface area contributed by atoms with Crippen molar-refractivity contribution in [3.63, 3.8) is 0 Å². The van der Waals surface area contributed by atoms with Crippen molar-refractivity contribution in [2.45, 2.75) is 23.0 Å². The van der Waals surface area contributed by atoms with E-state index in [-0.39, 0.29) is 12.7 Å². The third-order valence-corrected chi connectivity index (χ3v) is 8.28. The molecule has 0 bridgehead atoms. The number of benzene rings is 3. The Bertz CT molecular complexity index is 1490. The van der Waals surface area contributed by atoms with Gasteiger partial charge >= 0.3 is 11.9 Å². The molecule has 5 rings (SSSR count). The van der Waals surface area contributed by atoms with Crippen molar-refractivity contribution in [3.05, 3.63) is 66.2 Å². The first-order chi connectivity index (χ1) is 21.7. The Balaban J connectivity index is 0.000000700. The van der Waals surface area contributed by atoms with Gasteiger partial charge in [-0.2, -0.15) is 0 Å². The predicted octanol–water partition coefficient (Wildman–Crippen LogP) is 4.56. The number of rotatable bonds is 12. The molecule has 2 aliphatic heterocycles. The summed E-state index contributed by atoms with van der Waals surface area (Å²) in [5, 5.41) is 14.4. The Morgan fingerprint density at radius 2 is 1.67 bits per heavy atom. The summed E-state index contributed by atoms with van der Waals surface area (Å²) in [7, 11) is 5.55. The lowest BCUT2D eigenvalue weighted by Gasteiger charge is -2.32. The zero-order valence-electron chi connectivity index (χ0n) is 25.3. The smallest absolute Gasteiger partial charge is 0.414 e. The minimum atomic E-state index is -1.82. The van der Waals surface area contributed by atoms with Gasteiger partial charge in [-0.3, -0.25) is 4.79 Å². The topological polar surface area (TPSA) is 144 Å². The fraction of sp³-hybridized carbons (Fsp3) is 0.344. The van der Waals surface area contributed by atoms with E-state index in [1.54, 1.807) is 23.8 Å². The van der Waals surface area contributed by atoms with Crippen molar-refractivity contribution in [1.82, 2.24) is 4.90 Å². The van der Waals surface area contributed by atoms with Crippen molar-refractivity contribution in [2.24, 2.45) is 0 Å². The zero-order valence-corrected chi connectivity index (χ0v) is 26.1. The molecular weight excluding hydrogens is 604 g/mol. The first kappa shape index (κ1) is 33.3. The van der Waals surface area contributed by atoms with Gasteiger partial charge in [0.1, 0.15) is 29.1 Å². The van der Waals surface area contributed by atoms with E-state index in [1.807, 2.05) is 67.7 Å². The fourth-order valence-electron chi connectivity index (χ4n) is 4.56. The van der Waals surface area contributed by atoms with Gasteiger partial charge in [0.15, 0.2) is 11.5 Å². The number of para-hydroxylation sites is 1. The minimum Gasteiger partial charge on any atom is -0.497 e. The monoisotopic (exact) mass is 640 g/mol. The minimum absolute atomic E-state index is 0.0291. The number of hydrogen-bond donors (Lipinski definition) is 2. The van der Waals surface area contributed by atoms with Crippen LogP contribution in [0.1, 0.15) is 23.7 Å². The number of carbonyl (C=O) groups excluding carboxylic acids is 1. The molecule has 1 atom stereocenters. The Morgan fingerprint density at radius 3 is 2.42 bits per heavy atom. The normalized spacial score (nSPS) is 14.7. The summed E-state index contributed by atoms with van der Waals surface area (Å²) in [6.45, 7) is 3.16. The van der Waals surface area contributed by atoms with Crippen LogP contribution in [0.4, 0.5) is 5.69 Å². The number of unbranched alkanes of at least 4 members (excludes halogenated alkanes) is 1. The summed E-state index contributed by atoms with van der Waals surface area (Å²) >= 11 is 1.56. The Hall–Kier alpha value is -4.62. The van der Waals surface area contributed by atoms with Gasteiger partial charge in [-0.05, 0) is 68.9 Å². The Kier molecular flexibility index (Phi) is 11.8. The van der Waals surface area contributed by atoms with Crippen LogP contribution in [0.25, 0.3) is 0 Å². The molecule has 2 N–H and O–H groups in total. The molecule has 13 heteroatoms. The number of ether oxygens (including phenoxy) is 5. The van der Waals surface area contributed by atoms with E-state index in [0.29, 0.717) is 19.0 Å². The van der Waals surface area contributed by atoms with Crippen LogP contribution in [0.3, 0.4) is 0 Å². The van der Waals surface area contributed by atoms with E-state index >= 15 is 0 Å². The molecule has 0 saturated heterocycles. The lowest BCUT2D eigenvalue weighted by Crippen LogP contribution is -2.33. The molecule has 3 aromatic rings. The molecular formula is C32H36N2O10S. The van der Waals surface area contributed by atoms with E-state index in [1.165, 1.54) is 0 Å². The van der Waals surface area contributed by atoms with Crippen LogP contribution >= 0.6 is 11.8 Å². The van der Waals surface area contributed by atoms with Gasteiger partial charge in [0, 0.05) is 30.1 Å². The quantitative estimate of drug-likeness (QED) is 0.212. The standard InChI is InChI=1S/C30H34N2O6S.C2H2O4/c1-31(15-17-35-22-11-13-26-27(19-22)38-20-37-26)14-6-7-16-36-25-12-10-21(34-3)18-23(25)29-30(33)32(2)24-8-4-5-9-28(24)39-29;3-1(4)2(5)6/h4-5,8-13,18-19,29H,6-7,14-17,20H2,1-3H3;(H,3,4)(H,5,6). The van der Waals surface area contributed by atoms with Gasteiger partial charge in [0.2, 0.25) is 12.7 Å². The Labute approximate surface area is 265 Å². The summed E-state index contributed by atoms with van der Waals surface area (Å²) < 4.78 is 28.3. The number of carboxylic acid groups (broad SMARTS) is 2. The second kappa shape index (κ2) is 15.9. The first-order valence-corrected chi connectivity index (χ1v) is 15.1. The maximum atomic E-state index is 13.3. The number of carboxylic acids is 2.